The molecule has 0 amide bonds. The van der Waals surface area contributed by atoms with Gasteiger partial charge in [0, 0.05) is 23.9 Å². The Labute approximate surface area is 113 Å². The van der Waals surface area contributed by atoms with Crippen LogP contribution in [0.15, 0.2) is 30.6 Å². The van der Waals surface area contributed by atoms with Crippen molar-refractivity contribution >= 4 is 22.7 Å². The van der Waals surface area contributed by atoms with Crippen LogP contribution < -0.4 is 5.32 Å². The average molecular weight is 272 g/mol. The molecule has 2 heterocycles. The quantitative estimate of drug-likeness (QED) is 0.498. The molecule has 0 bridgehead atoms. The first-order valence-electron chi connectivity index (χ1n) is 6.03. The van der Waals surface area contributed by atoms with Crippen LogP contribution in [0.3, 0.4) is 0 Å². The fourth-order valence-corrected chi connectivity index (χ4v) is 1.97. The Morgan fingerprint density at radius 3 is 3.00 bits per heavy atom. The second-order valence-electron chi connectivity index (χ2n) is 4.44. The number of aromatic amines is 2. The van der Waals surface area contributed by atoms with Gasteiger partial charge in [0.05, 0.1) is 28.2 Å². The molecule has 3 N–H and O–H groups in total. The van der Waals surface area contributed by atoms with Crippen molar-refractivity contribution in [3.63, 3.8) is 0 Å². The average Bonchev–Trinajstić information content (AvgIpc) is 3.06. The van der Waals surface area contributed by atoms with Crippen molar-refractivity contribution in [1.82, 2.24) is 20.2 Å². The highest BCUT2D eigenvalue weighted by Crippen LogP contribution is 2.22. The Kier molecular flexibility index (Phi) is 2.82. The first-order chi connectivity index (χ1) is 9.63. The Hall–Kier alpha value is -2.90. The zero-order valence-corrected chi connectivity index (χ0v) is 10.6. The van der Waals surface area contributed by atoms with E-state index >= 15 is 0 Å². The fourth-order valence-electron chi connectivity index (χ4n) is 1.97. The predicted molar refractivity (Wildman–Crippen MR) is 73.4 cm³/mol. The highest BCUT2D eigenvalue weighted by molar-refractivity contribution is 5.79. The van der Waals surface area contributed by atoms with Crippen LogP contribution in [0.25, 0.3) is 11.0 Å². The minimum absolute atomic E-state index is 0.0179. The maximum Gasteiger partial charge on any atom is 0.271 e. The maximum atomic E-state index is 10.7. The minimum atomic E-state index is -0.429. The van der Waals surface area contributed by atoms with E-state index in [0.717, 1.165) is 5.56 Å². The van der Waals surface area contributed by atoms with E-state index in [1.165, 1.54) is 12.1 Å². The van der Waals surface area contributed by atoms with Crippen molar-refractivity contribution in [3.05, 3.63) is 46.3 Å². The number of fused-ring (bicyclic) bond motifs is 1. The van der Waals surface area contributed by atoms with Gasteiger partial charge in [0.1, 0.15) is 0 Å². The highest BCUT2D eigenvalue weighted by atomic mass is 16.6. The molecule has 1 unspecified atom stereocenters. The first kappa shape index (κ1) is 12.2. The van der Waals surface area contributed by atoms with Gasteiger partial charge in [-0.05, 0) is 13.0 Å². The van der Waals surface area contributed by atoms with Crippen LogP contribution >= 0.6 is 0 Å². The van der Waals surface area contributed by atoms with Crippen molar-refractivity contribution in [1.29, 1.82) is 0 Å². The third-order valence-electron chi connectivity index (χ3n) is 3.05. The summed E-state index contributed by atoms with van der Waals surface area (Å²) in [6, 6.07) is 4.55. The van der Waals surface area contributed by atoms with Gasteiger partial charge in [0.2, 0.25) is 5.95 Å². The van der Waals surface area contributed by atoms with Crippen LogP contribution in [0, 0.1) is 10.1 Å². The number of nitro benzene ring substituents is 1. The summed E-state index contributed by atoms with van der Waals surface area (Å²) in [6.45, 7) is 1.97. The predicted octanol–water partition coefficient (Wildman–Crippen LogP) is 2.37. The Morgan fingerprint density at radius 1 is 1.45 bits per heavy atom. The lowest BCUT2D eigenvalue weighted by molar-refractivity contribution is -0.384. The molecule has 8 nitrogen and oxygen atoms in total. The van der Waals surface area contributed by atoms with Gasteiger partial charge in [-0.15, -0.1) is 0 Å². The smallest absolute Gasteiger partial charge is 0.271 e. The lowest BCUT2D eigenvalue weighted by Crippen LogP contribution is -2.06. The number of hydrogen-bond donors (Lipinski definition) is 3. The molecular weight excluding hydrogens is 260 g/mol. The molecular formula is C12H12N6O2. The summed E-state index contributed by atoms with van der Waals surface area (Å²) in [5, 5.41) is 20.6. The monoisotopic (exact) mass is 272 g/mol. The molecule has 102 valence electrons. The van der Waals surface area contributed by atoms with Crippen LogP contribution in [0.5, 0.6) is 0 Å². The van der Waals surface area contributed by atoms with E-state index in [0.29, 0.717) is 17.0 Å². The summed E-state index contributed by atoms with van der Waals surface area (Å²) < 4.78 is 0. The van der Waals surface area contributed by atoms with Crippen LogP contribution in [0.2, 0.25) is 0 Å². The summed E-state index contributed by atoms with van der Waals surface area (Å²) in [7, 11) is 0. The third kappa shape index (κ3) is 2.18. The van der Waals surface area contributed by atoms with Crippen molar-refractivity contribution in [2.45, 2.75) is 13.0 Å². The molecule has 0 saturated carbocycles. The zero-order chi connectivity index (χ0) is 14.1. The van der Waals surface area contributed by atoms with E-state index < -0.39 is 4.92 Å². The minimum Gasteiger partial charge on any atom is -0.349 e. The first-order valence-corrected chi connectivity index (χ1v) is 6.03. The molecule has 0 radical (unpaired) electrons. The molecule has 20 heavy (non-hydrogen) atoms. The molecule has 2 aromatic heterocycles. The van der Waals surface area contributed by atoms with Gasteiger partial charge >= 0.3 is 0 Å². The second-order valence-corrected chi connectivity index (χ2v) is 4.44. The van der Waals surface area contributed by atoms with E-state index in [4.69, 9.17) is 0 Å². The summed E-state index contributed by atoms with van der Waals surface area (Å²) in [5.41, 5.74) is 2.34. The summed E-state index contributed by atoms with van der Waals surface area (Å²) in [5.74, 6) is 0.564. The molecule has 3 rings (SSSR count). The number of non-ortho nitro benzene ring substituents is 1. The second kappa shape index (κ2) is 4.65. The molecule has 1 aromatic carbocycles. The molecule has 0 aliphatic carbocycles. The zero-order valence-electron chi connectivity index (χ0n) is 10.6. The van der Waals surface area contributed by atoms with Gasteiger partial charge in [-0.3, -0.25) is 15.2 Å². The molecule has 1 atom stereocenters. The van der Waals surface area contributed by atoms with Gasteiger partial charge in [0.15, 0.2) is 0 Å². The number of H-pyrrole nitrogens is 2. The van der Waals surface area contributed by atoms with Crippen LogP contribution in [0.1, 0.15) is 18.5 Å². The third-order valence-corrected chi connectivity index (χ3v) is 3.05. The van der Waals surface area contributed by atoms with Gasteiger partial charge in [-0.25, -0.2) is 4.98 Å². The van der Waals surface area contributed by atoms with Crippen LogP contribution in [-0.2, 0) is 0 Å². The fraction of sp³-hybridized carbons (Fsp3) is 0.167. The van der Waals surface area contributed by atoms with Gasteiger partial charge in [0.25, 0.3) is 5.69 Å². The number of nitrogens with one attached hydrogen (secondary N) is 3. The van der Waals surface area contributed by atoms with E-state index in [9.17, 15) is 10.1 Å². The van der Waals surface area contributed by atoms with Gasteiger partial charge < -0.3 is 10.3 Å². The molecule has 0 aliphatic rings. The summed E-state index contributed by atoms with van der Waals surface area (Å²) in [6.07, 6.45) is 3.52. The topological polar surface area (TPSA) is 113 Å². The SMILES string of the molecule is CC(Nc1nc2ccc([N+](=O)[O-])cc2[nH]1)c1cn[nH]c1. The molecule has 0 spiro atoms. The summed E-state index contributed by atoms with van der Waals surface area (Å²) >= 11 is 0. The highest BCUT2D eigenvalue weighted by Gasteiger charge is 2.12. The number of anilines is 1. The number of hydrogen-bond acceptors (Lipinski definition) is 5. The molecule has 0 fully saturated rings. The maximum absolute atomic E-state index is 10.7. The van der Waals surface area contributed by atoms with E-state index in [-0.39, 0.29) is 11.7 Å². The van der Waals surface area contributed by atoms with Gasteiger partial charge in [-0.2, -0.15) is 5.10 Å². The van der Waals surface area contributed by atoms with Gasteiger partial charge in [-0.1, -0.05) is 0 Å². The van der Waals surface area contributed by atoms with E-state index in [1.807, 2.05) is 6.92 Å². The normalized spacial score (nSPS) is 12.4. The standard InChI is InChI=1S/C12H12N6O2/c1-7(8-5-13-14-6-8)15-12-16-10-3-2-9(18(19)20)4-11(10)17-12/h2-7H,1H3,(H,13,14)(H2,15,16,17). The summed E-state index contributed by atoms with van der Waals surface area (Å²) in [4.78, 5) is 17.7. The Bertz CT molecular complexity index is 748. The van der Waals surface area contributed by atoms with Crippen molar-refractivity contribution in [2.24, 2.45) is 0 Å². The number of imidazole rings is 1. The number of nitrogens with zero attached hydrogens (tertiary/aromatic N) is 3. The van der Waals surface area contributed by atoms with Crippen molar-refractivity contribution < 1.29 is 4.92 Å². The Morgan fingerprint density at radius 2 is 2.30 bits per heavy atom. The molecule has 3 aromatic rings. The largest absolute Gasteiger partial charge is 0.349 e. The number of benzene rings is 1. The van der Waals surface area contributed by atoms with E-state index in [1.54, 1.807) is 18.5 Å². The number of aromatic nitrogens is 4. The van der Waals surface area contributed by atoms with Crippen molar-refractivity contribution in [2.75, 3.05) is 5.32 Å². The number of nitro groups is 1. The van der Waals surface area contributed by atoms with Crippen LogP contribution in [0.4, 0.5) is 11.6 Å². The van der Waals surface area contributed by atoms with Crippen molar-refractivity contribution in [3.8, 4) is 0 Å². The molecule has 0 saturated heterocycles. The lowest BCUT2D eigenvalue weighted by Gasteiger charge is -2.09. The number of rotatable bonds is 4. The Balaban J connectivity index is 1.87. The van der Waals surface area contributed by atoms with Crippen LogP contribution in [-0.4, -0.2) is 25.1 Å². The molecule has 8 heteroatoms. The lowest BCUT2D eigenvalue weighted by atomic mass is 10.2. The molecule has 0 aliphatic heterocycles. The van der Waals surface area contributed by atoms with E-state index in [2.05, 4.69) is 25.5 Å².